The van der Waals surface area contributed by atoms with Crippen LogP contribution in [0.3, 0.4) is 0 Å². The van der Waals surface area contributed by atoms with E-state index in [0.717, 1.165) is 4.90 Å². The fourth-order valence-electron chi connectivity index (χ4n) is 1.44. The second-order valence-corrected chi connectivity index (χ2v) is 4.25. The number of ether oxygens (including phenoxy) is 1. The minimum Gasteiger partial charge on any atom is -0.380 e. The lowest BCUT2D eigenvalue weighted by Crippen LogP contribution is -2.47. The minimum atomic E-state index is -1.12. The molecule has 0 aromatic heterocycles. The van der Waals surface area contributed by atoms with Gasteiger partial charge in [-0.1, -0.05) is 0 Å². The zero-order chi connectivity index (χ0) is 10.2. The number of rotatable bonds is 2. The third-order valence-corrected chi connectivity index (χ3v) is 3.08. The third-order valence-electron chi connectivity index (χ3n) is 2.36. The molecule has 0 saturated carbocycles. The highest BCUT2D eigenvalue weighted by atomic mass is 32.2. The zero-order valence-electron chi connectivity index (χ0n) is 7.79. The quantitative estimate of drug-likeness (QED) is 0.761. The fraction of sp³-hybridized carbons (Fsp3) is 0.400. The third kappa shape index (κ3) is 1.54. The van der Waals surface area contributed by atoms with Crippen molar-refractivity contribution in [2.45, 2.75) is 10.5 Å². The van der Waals surface area contributed by atoms with Crippen LogP contribution in [0.4, 0.5) is 4.39 Å². The van der Waals surface area contributed by atoms with E-state index in [0.29, 0.717) is 5.56 Å². The van der Waals surface area contributed by atoms with Crippen molar-refractivity contribution in [1.29, 1.82) is 0 Å². The van der Waals surface area contributed by atoms with Crippen molar-refractivity contribution in [3.63, 3.8) is 0 Å². The molecule has 1 aromatic carbocycles. The van der Waals surface area contributed by atoms with Gasteiger partial charge in [0.1, 0.15) is 11.4 Å². The van der Waals surface area contributed by atoms with Gasteiger partial charge in [0, 0.05) is 10.5 Å². The first-order valence-corrected chi connectivity index (χ1v) is 5.52. The zero-order valence-corrected chi connectivity index (χ0v) is 8.60. The van der Waals surface area contributed by atoms with E-state index in [4.69, 9.17) is 4.74 Å². The maximum absolute atomic E-state index is 13.4. The van der Waals surface area contributed by atoms with Gasteiger partial charge in [0.25, 0.3) is 0 Å². The van der Waals surface area contributed by atoms with Gasteiger partial charge in [-0.25, -0.2) is 4.39 Å². The Bertz CT molecular complexity index is 350. The van der Waals surface area contributed by atoms with Gasteiger partial charge in [0.05, 0.1) is 13.2 Å². The number of hydrogen-bond donors (Lipinski definition) is 1. The highest BCUT2D eigenvalue weighted by molar-refractivity contribution is 7.98. The lowest BCUT2D eigenvalue weighted by atomic mass is 9.92. The lowest BCUT2D eigenvalue weighted by molar-refractivity contribution is -0.186. The molecule has 1 saturated heterocycles. The van der Waals surface area contributed by atoms with Crippen LogP contribution in [-0.2, 0) is 10.3 Å². The highest BCUT2D eigenvalue weighted by Crippen LogP contribution is 2.33. The molecule has 0 radical (unpaired) electrons. The molecular weight excluding hydrogens is 203 g/mol. The average molecular weight is 214 g/mol. The average Bonchev–Trinajstić information content (AvgIpc) is 2.15. The van der Waals surface area contributed by atoms with Gasteiger partial charge in [0.2, 0.25) is 0 Å². The molecule has 76 valence electrons. The van der Waals surface area contributed by atoms with E-state index in [9.17, 15) is 9.50 Å². The molecule has 0 amide bonds. The maximum Gasteiger partial charge on any atom is 0.139 e. The van der Waals surface area contributed by atoms with Crippen LogP contribution in [0.15, 0.2) is 23.1 Å². The van der Waals surface area contributed by atoms with Gasteiger partial charge in [-0.2, -0.15) is 0 Å². The molecule has 1 N–H and O–H groups in total. The van der Waals surface area contributed by atoms with Crippen LogP contribution in [0.1, 0.15) is 5.56 Å². The van der Waals surface area contributed by atoms with Gasteiger partial charge < -0.3 is 9.84 Å². The molecule has 4 heteroatoms. The molecule has 1 aliphatic heterocycles. The summed E-state index contributed by atoms with van der Waals surface area (Å²) in [6.45, 7) is 0.365. The predicted octanol–water partition coefficient (Wildman–Crippen LogP) is 1.77. The summed E-state index contributed by atoms with van der Waals surface area (Å²) in [6.07, 6.45) is 1.92. The normalized spacial score (nSPS) is 19.1. The first-order chi connectivity index (χ1) is 6.65. The standard InChI is InChI=1S/C10H11FO2S/c1-14-7-2-3-9(11)8(4-7)10(12)5-13-6-10/h2-4,12H,5-6H2,1H3. The molecule has 0 unspecified atom stereocenters. The van der Waals surface area contributed by atoms with Gasteiger partial charge in [-0.05, 0) is 24.5 Å². The smallest absolute Gasteiger partial charge is 0.139 e. The highest BCUT2D eigenvalue weighted by Gasteiger charge is 2.40. The number of halogens is 1. The molecule has 1 aliphatic rings. The van der Waals surface area contributed by atoms with E-state index in [-0.39, 0.29) is 19.0 Å². The molecule has 1 heterocycles. The van der Waals surface area contributed by atoms with Gasteiger partial charge in [0.15, 0.2) is 0 Å². The fourth-order valence-corrected chi connectivity index (χ4v) is 1.88. The summed E-state index contributed by atoms with van der Waals surface area (Å²) in [6, 6.07) is 4.77. The van der Waals surface area contributed by atoms with Crippen LogP contribution in [-0.4, -0.2) is 24.6 Å². The van der Waals surface area contributed by atoms with Gasteiger partial charge >= 0.3 is 0 Å². The topological polar surface area (TPSA) is 29.5 Å². The predicted molar refractivity (Wildman–Crippen MR) is 52.9 cm³/mol. The summed E-state index contributed by atoms with van der Waals surface area (Å²) in [7, 11) is 0. The summed E-state index contributed by atoms with van der Waals surface area (Å²) >= 11 is 1.52. The van der Waals surface area contributed by atoms with Gasteiger partial charge in [-0.3, -0.25) is 0 Å². The van der Waals surface area contributed by atoms with E-state index >= 15 is 0 Å². The Kier molecular flexibility index (Phi) is 2.51. The molecule has 0 aliphatic carbocycles. The Labute approximate surface area is 86.1 Å². The summed E-state index contributed by atoms with van der Waals surface area (Å²) in [4.78, 5) is 0.946. The largest absolute Gasteiger partial charge is 0.380 e. The van der Waals surface area contributed by atoms with E-state index < -0.39 is 5.60 Å². The second kappa shape index (κ2) is 3.53. The van der Waals surface area contributed by atoms with E-state index in [1.807, 2.05) is 6.26 Å². The SMILES string of the molecule is CSc1ccc(F)c(C2(O)COC2)c1. The molecule has 14 heavy (non-hydrogen) atoms. The van der Waals surface area contributed by atoms with E-state index in [1.165, 1.54) is 17.8 Å². The first-order valence-electron chi connectivity index (χ1n) is 4.30. The molecule has 0 spiro atoms. The maximum atomic E-state index is 13.4. The van der Waals surface area contributed by atoms with E-state index in [2.05, 4.69) is 0 Å². The molecule has 0 atom stereocenters. The van der Waals surface area contributed by atoms with Crippen LogP contribution in [0.25, 0.3) is 0 Å². The Morgan fingerprint density at radius 2 is 2.21 bits per heavy atom. The van der Waals surface area contributed by atoms with Crippen molar-refractivity contribution in [1.82, 2.24) is 0 Å². The molecule has 1 fully saturated rings. The Morgan fingerprint density at radius 1 is 1.50 bits per heavy atom. The summed E-state index contributed by atoms with van der Waals surface area (Å²) in [5.41, 5.74) is -0.772. The van der Waals surface area contributed by atoms with Crippen LogP contribution in [0.5, 0.6) is 0 Å². The van der Waals surface area contributed by atoms with Crippen molar-refractivity contribution in [2.24, 2.45) is 0 Å². The molecule has 0 bridgehead atoms. The molecule has 2 rings (SSSR count). The summed E-state index contributed by atoms with van der Waals surface area (Å²) in [5, 5.41) is 9.91. The van der Waals surface area contributed by atoms with Crippen LogP contribution >= 0.6 is 11.8 Å². The molecular formula is C10H11FO2S. The summed E-state index contributed by atoms with van der Waals surface area (Å²) < 4.78 is 18.3. The van der Waals surface area contributed by atoms with Gasteiger partial charge in [-0.15, -0.1) is 11.8 Å². The van der Waals surface area contributed by atoms with Crippen molar-refractivity contribution < 1.29 is 14.2 Å². The monoisotopic (exact) mass is 214 g/mol. The number of aliphatic hydroxyl groups is 1. The van der Waals surface area contributed by atoms with E-state index in [1.54, 1.807) is 12.1 Å². The summed E-state index contributed by atoms with van der Waals surface area (Å²) in [5.74, 6) is -0.367. The Balaban J connectivity index is 2.40. The van der Waals surface area contributed by atoms with Crippen molar-refractivity contribution in [2.75, 3.05) is 19.5 Å². The molecule has 1 aromatic rings. The van der Waals surface area contributed by atoms with Crippen molar-refractivity contribution >= 4 is 11.8 Å². The number of thioether (sulfide) groups is 1. The van der Waals surface area contributed by atoms with Crippen molar-refractivity contribution in [3.05, 3.63) is 29.6 Å². The Morgan fingerprint density at radius 3 is 2.71 bits per heavy atom. The van der Waals surface area contributed by atoms with Crippen LogP contribution in [0, 0.1) is 5.82 Å². The number of hydrogen-bond acceptors (Lipinski definition) is 3. The number of benzene rings is 1. The molecule has 2 nitrogen and oxygen atoms in total. The lowest BCUT2D eigenvalue weighted by Gasteiger charge is -2.37. The second-order valence-electron chi connectivity index (χ2n) is 3.37. The minimum absolute atomic E-state index is 0.182. The van der Waals surface area contributed by atoms with Crippen LogP contribution in [0.2, 0.25) is 0 Å². The Hall–Kier alpha value is -0.580. The van der Waals surface area contributed by atoms with Crippen LogP contribution < -0.4 is 0 Å². The van der Waals surface area contributed by atoms with Crippen molar-refractivity contribution in [3.8, 4) is 0 Å². The first kappa shape index (κ1) is 9.96.